The third kappa shape index (κ3) is 3.91. The fourth-order valence-corrected chi connectivity index (χ4v) is 3.05. The minimum Gasteiger partial charge on any atom is -0.352 e. The van der Waals surface area contributed by atoms with Gasteiger partial charge < -0.3 is 5.32 Å². The molecule has 1 heterocycles. The summed E-state index contributed by atoms with van der Waals surface area (Å²) in [6.45, 7) is 2.04. The van der Waals surface area contributed by atoms with E-state index in [1.165, 1.54) is 17.1 Å². The molecule has 0 spiro atoms. The molecular formula is C20H19ClN2O2. The van der Waals surface area contributed by atoms with E-state index in [9.17, 15) is 9.59 Å². The van der Waals surface area contributed by atoms with Gasteiger partial charge in [0.15, 0.2) is 0 Å². The molecule has 1 amide bonds. The van der Waals surface area contributed by atoms with Crippen molar-refractivity contribution in [1.82, 2.24) is 9.88 Å². The first kappa shape index (κ1) is 17.2. The van der Waals surface area contributed by atoms with E-state index < -0.39 is 0 Å². The Bertz CT molecular complexity index is 916. The number of nitrogens with one attached hydrogen (secondary N) is 1. The van der Waals surface area contributed by atoms with Gasteiger partial charge in [0.2, 0.25) is 5.91 Å². The Labute approximate surface area is 151 Å². The molecule has 1 N–H and O–H groups in total. The summed E-state index contributed by atoms with van der Waals surface area (Å²) in [6.07, 6.45) is 3.33. The van der Waals surface area contributed by atoms with Crippen molar-refractivity contribution in [2.24, 2.45) is 0 Å². The van der Waals surface area contributed by atoms with Crippen LogP contribution >= 0.6 is 11.6 Å². The number of rotatable bonds is 5. The number of aryl methyl sites for hydroxylation is 1. The van der Waals surface area contributed by atoms with Gasteiger partial charge in [-0.2, -0.15) is 0 Å². The van der Waals surface area contributed by atoms with Crippen molar-refractivity contribution in [3.05, 3.63) is 70.9 Å². The highest BCUT2D eigenvalue weighted by molar-refractivity contribution is 6.31. The van der Waals surface area contributed by atoms with Crippen molar-refractivity contribution >= 4 is 34.3 Å². The number of carbonyl (C=O) groups excluding carboxylic acids is 2. The van der Waals surface area contributed by atoms with Crippen LogP contribution in [0.1, 0.15) is 34.1 Å². The molecule has 3 aromatic rings. The molecule has 0 saturated heterocycles. The van der Waals surface area contributed by atoms with E-state index in [1.54, 1.807) is 24.4 Å². The van der Waals surface area contributed by atoms with Gasteiger partial charge in [0.1, 0.15) is 0 Å². The predicted molar refractivity (Wildman–Crippen MR) is 100 cm³/mol. The third-order valence-corrected chi connectivity index (χ3v) is 4.36. The zero-order valence-corrected chi connectivity index (χ0v) is 14.7. The summed E-state index contributed by atoms with van der Waals surface area (Å²) in [5.74, 6) is -0.337. The fourth-order valence-electron chi connectivity index (χ4n) is 2.88. The maximum absolute atomic E-state index is 12.5. The minimum atomic E-state index is -0.194. The maximum atomic E-state index is 12.5. The second kappa shape index (κ2) is 7.53. The third-order valence-electron chi connectivity index (χ3n) is 4.12. The van der Waals surface area contributed by atoms with Crippen LogP contribution in [0.5, 0.6) is 0 Å². The second-order valence-electron chi connectivity index (χ2n) is 5.94. The Kier molecular flexibility index (Phi) is 5.19. The SMILES string of the molecule is CC(=O)n1cc(C(=O)NCCCc2ccccc2)c2cc(Cl)ccc21. The van der Waals surface area contributed by atoms with Crippen molar-refractivity contribution in [3.63, 3.8) is 0 Å². The van der Waals surface area contributed by atoms with Crippen LogP contribution in [0.2, 0.25) is 5.02 Å². The lowest BCUT2D eigenvalue weighted by Crippen LogP contribution is -2.24. The summed E-state index contributed by atoms with van der Waals surface area (Å²) < 4.78 is 1.48. The molecule has 0 fully saturated rings. The first-order chi connectivity index (χ1) is 12.1. The average Bonchev–Trinajstić information content (AvgIpc) is 2.98. The largest absolute Gasteiger partial charge is 0.352 e. The fraction of sp³-hybridized carbons (Fsp3) is 0.200. The lowest BCUT2D eigenvalue weighted by Gasteiger charge is -2.05. The number of amides is 1. The molecule has 0 bridgehead atoms. The summed E-state index contributed by atoms with van der Waals surface area (Å²) in [5.41, 5.74) is 2.40. The normalized spacial score (nSPS) is 10.8. The molecule has 4 nitrogen and oxygen atoms in total. The van der Waals surface area contributed by atoms with E-state index >= 15 is 0 Å². The summed E-state index contributed by atoms with van der Waals surface area (Å²) in [7, 11) is 0. The zero-order chi connectivity index (χ0) is 17.8. The summed E-state index contributed by atoms with van der Waals surface area (Å²) in [4.78, 5) is 24.3. The number of fused-ring (bicyclic) bond motifs is 1. The van der Waals surface area contributed by atoms with Crippen molar-refractivity contribution < 1.29 is 9.59 Å². The van der Waals surface area contributed by atoms with E-state index in [1.807, 2.05) is 18.2 Å². The first-order valence-corrected chi connectivity index (χ1v) is 8.58. The van der Waals surface area contributed by atoms with Crippen molar-refractivity contribution in [2.45, 2.75) is 19.8 Å². The summed E-state index contributed by atoms with van der Waals surface area (Å²) in [6, 6.07) is 15.3. The number of hydrogen-bond donors (Lipinski definition) is 1. The highest BCUT2D eigenvalue weighted by atomic mass is 35.5. The van der Waals surface area contributed by atoms with Crippen LogP contribution in [-0.2, 0) is 6.42 Å². The van der Waals surface area contributed by atoms with Crippen molar-refractivity contribution in [2.75, 3.05) is 6.54 Å². The van der Waals surface area contributed by atoms with Gasteiger partial charge in [0.05, 0.1) is 11.1 Å². The second-order valence-corrected chi connectivity index (χ2v) is 6.37. The van der Waals surface area contributed by atoms with Gasteiger partial charge >= 0.3 is 0 Å². The van der Waals surface area contributed by atoms with Gasteiger partial charge in [-0.15, -0.1) is 0 Å². The molecule has 0 atom stereocenters. The molecule has 2 aromatic carbocycles. The number of halogens is 1. The molecule has 25 heavy (non-hydrogen) atoms. The Morgan fingerprint density at radius 3 is 2.60 bits per heavy atom. The molecule has 1 aromatic heterocycles. The summed E-state index contributed by atoms with van der Waals surface area (Å²) >= 11 is 6.05. The standard InChI is InChI=1S/C20H19ClN2O2/c1-14(24)23-13-18(17-12-16(21)9-10-19(17)23)20(25)22-11-5-8-15-6-3-2-4-7-15/h2-4,6-7,9-10,12-13H,5,8,11H2,1H3,(H,22,25). The average molecular weight is 355 g/mol. The van der Waals surface area contributed by atoms with Crippen LogP contribution in [0.4, 0.5) is 0 Å². The van der Waals surface area contributed by atoms with Crippen LogP contribution < -0.4 is 5.32 Å². The number of nitrogens with zero attached hydrogens (tertiary/aromatic N) is 1. The van der Waals surface area contributed by atoms with Gasteiger partial charge in [-0.3, -0.25) is 14.2 Å². The molecule has 128 valence electrons. The van der Waals surface area contributed by atoms with Crippen molar-refractivity contribution in [1.29, 1.82) is 0 Å². The molecule has 0 saturated carbocycles. The van der Waals surface area contributed by atoms with E-state index in [0.29, 0.717) is 28.0 Å². The van der Waals surface area contributed by atoms with Crippen LogP contribution in [0.15, 0.2) is 54.7 Å². The predicted octanol–water partition coefficient (Wildman–Crippen LogP) is 4.32. The Balaban J connectivity index is 1.71. The Morgan fingerprint density at radius 2 is 1.88 bits per heavy atom. The molecular weight excluding hydrogens is 336 g/mol. The zero-order valence-electron chi connectivity index (χ0n) is 14.0. The minimum absolute atomic E-state index is 0.143. The Morgan fingerprint density at radius 1 is 1.12 bits per heavy atom. The maximum Gasteiger partial charge on any atom is 0.253 e. The molecule has 0 unspecified atom stereocenters. The van der Waals surface area contributed by atoms with Crippen LogP contribution in [-0.4, -0.2) is 22.9 Å². The van der Waals surface area contributed by atoms with Gasteiger partial charge in [0.25, 0.3) is 5.91 Å². The highest BCUT2D eigenvalue weighted by Gasteiger charge is 2.16. The molecule has 0 aliphatic carbocycles. The quantitative estimate of drug-likeness (QED) is 0.694. The lowest BCUT2D eigenvalue weighted by molar-refractivity contribution is 0.0941. The van der Waals surface area contributed by atoms with Crippen molar-refractivity contribution in [3.8, 4) is 0 Å². The molecule has 0 radical (unpaired) electrons. The lowest BCUT2D eigenvalue weighted by atomic mass is 10.1. The van der Waals surface area contributed by atoms with Gasteiger partial charge in [-0.05, 0) is 36.6 Å². The topological polar surface area (TPSA) is 51.1 Å². The molecule has 5 heteroatoms. The number of hydrogen-bond acceptors (Lipinski definition) is 2. The molecule has 0 aliphatic rings. The smallest absolute Gasteiger partial charge is 0.253 e. The number of carbonyl (C=O) groups is 2. The van der Waals surface area contributed by atoms with E-state index in [2.05, 4.69) is 17.4 Å². The van der Waals surface area contributed by atoms with Crippen LogP contribution in [0.25, 0.3) is 10.9 Å². The van der Waals surface area contributed by atoms with E-state index in [4.69, 9.17) is 11.6 Å². The molecule has 3 rings (SSSR count). The Hall–Kier alpha value is -2.59. The summed E-state index contributed by atoms with van der Waals surface area (Å²) in [5, 5.41) is 4.14. The highest BCUT2D eigenvalue weighted by Crippen LogP contribution is 2.25. The van der Waals surface area contributed by atoms with Gasteiger partial charge in [-0.25, -0.2) is 0 Å². The van der Waals surface area contributed by atoms with Crippen LogP contribution in [0, 0.1) is 0 Å². The number of benzene rings is 2. The van der Waals surface area contributed by atoms with Gasteiger partial charge in [-0.1, -0.05) is 41.9 Å². The van der Waals surface area contributed by atoms with Crippen LogP contribution in [0.3, 0.4) is 0 Å². The van der Waals surface area contributed by atoms with E-state index in [-0.39, 0.29) is 11.8 Å². The monoisotopic (exact) mass is 354 g/mol. The first-order valence-electron chi connectivity index (χ1n) is 8.20. The molecule has 0 aliphatic heterocycles. The van der Waals surface area contributed by atoms with E-state index in [0.717, 1.165) is 12.8 Å². The van der Waals surface area contributed by atoms with Gasteiger partial charge in [0, 0.05) is 30.1 Å². The number of aromatic nitrogens is 1.